The average Bonchev–Trinajstić information content (AvgIpc) is 2.75. The van der Waals surface area contributed by atoms with E-state index in [0.717, 1.165) is 19.5 Å². The topological polar surface area (TPSA) is 58.4 Å². The summed E-state index contributed by atoms with van der Waals surface area (Å²) in [5.74, 6) is -0.197. The number of amides is 1. The summed E-state index contributed by atoms with van der Waals surface area (Å²) >= 11 is 0. The molecule has 4 nitrogen and oxygen atoms in total. The van der Waals surface area contributed by atoms with Gasteiger partial charge < -0.3 is 16.0 Å². The molecule has 1 aromatic carbocycles. The van der Waals surface area contributed by atoms with E-state index in [-0.39, 0.29) is 11.3 Å². The van der Waals surface area contributed by atoms with Crippen molar-refractivity contribution in [3.8, 4) is 0 Å². The Morgan fingerprint density at radius 1 is 1.44 bits per heavy atom. The van der Waals surface area contributed by atoms with Gasteiger partial charge in [0.2, 0.25) is 5.91 Å². The normalized spacial score (nSPS) is 23.3. The summed E-state index contributed by atoms with van der Waals surface area (Å²) in [6.07, 6.45) is 0.834. The van der Waals surface area contributed by atoms with Crippen molar-refractivity contribution in [2.75, 3.05) is 25.0 Å². The van der Waals surface area contributed by atoms with Crippen LogP contribution in [-0.4, -0.2) is 26.0 Å². The number of hydrogen-bond acceptors (Lipinski definition) is 3. The molecule has 1 atom stereocenters. The van der Waals surface area contributed by atoms with E-state index >= 15 is 0 Å². The molecule has 0 aliphatic carbocycles. The van der Waals surface area contributed by atoms with Crippen molar-refractivity contribution in [3.63, 3.8) is 0 Å². The molecule has 0 saturated carbocycles. The summed E-state index contributed by atoms with van der Waals surface area (Å²) in [5, 5.41) is 3.13. The van der Waals surface area contributed by atoms with Crippen LogP contribution in [0.4, 0.5) is 5.69 Å². The van der Waals surface area contributed by atoms with Crippen molar-refractivity contribution >= 4 is 11.6 Å². The molecule has 98 valence electrons. The predicted molar refractivity (Wildman–Crippen MR) is 73.3 cm³/mol. The molecule has 1 aromatic rings. The Balaban J connectivity index is 2.07. The van der Waals surface area contributed by atoms with E-state index in [1.54, 1.807) is 0 Å². The molecule has 2 rings (SSSR count). The number of carbonyl (C=O) groups excluding carboxylic acids is 1. The number of nitrogens with two attached hydrogens (primary N) is 1. The lowest BCUT2D eigenvalue weighted by Crippen LogP contribution is -2.37. The van der Waals surface area contributed by atoms with Crippen molar-refractivity contribution in [2.45, 2.75) is 19.9 Å². The first-order valence-electron chi connectivity index (χ1n) is 6.33. The highest BCUT2D eigenvalue weighted by molar-refractivity contribution is 5.82. The SMILES string of the molecule is CNCc1ccc(N2CCC(C)(C(N)=O)C2)cc1. The summed E-state index contributed by atoms with van der Waals surface area (Å²) in [7, 11) is 1.94. The lowest BCUT2D eigenvalue weighted by Gasteiger charge is -2.22. The van der Waals surface area contributed by atoms with Gasteiger partial charge in [-0.15, -0.1) is 0 Å². The Hall–Kier alpha value is -1.55. The number of nitrogens with zero attached hydrogens (tertiary/aromatic N) is 1. The smallest absolute Gasteiger partial charge is 0.225 e. The zero-order chi connectivity index (χ0) is 13.2. The molecule has 0 spiro atoms. The third-order valence-electron chi connectivity index (χ3n) is 3.75. The molecule has 18 heavy (non-hydrogen) atoms. The molecule has 0 aromatic heterocycles. The van der Waals surface area contributed by atoms with Gasteiger partial charge in [-0.25, -0.2) is 0 Å². The zero-order valence-electron chi connectivity index (χ0n) is 11.1. The Morgan fingerprint density at radius 2 is 2.11 bits per heavy atom. The van der Waals surface area contributed by atoms with Crippen LogP contribution in [0.25, 0.3) is 0 Å². The molecule has 1 heterocycles. The highest BCUT2D eigenvalue weighted by Gasteiger charge is 2.38. The number of primary amides is 1. The van der Waals surface area contributed by atoms with E-state index in [0.29, 0.717) is 6.54 Å². The van der Waals surface area contributed by atoms with Crippen molar-refractivity contribution in [2.24, 2.45) is 11.1 Å². The van der Waals surface area contributed by atoms with Gasteiger partial charge in [0.1, 0.15) is 0 Å². The van der Waals surface area contributed by atoms with Crippen LogP contribution in [0.3, 0.4) is 0 Å². The maximum absolute atomic E-state index is 11.4. The van der Waals surface area contributed by atoms with Crippen LogP contribution >= 0.6 is 0 Å². The van der Waals surface area contributed by atoms with E-state index in [1.807, 2.05) is 14.0 Å². The standard InChI is InChI=1S/C14H21N3O/c1-14(13(15)18)7-8-17(10-14)12-5-3-11(4-6-12)9-16-2/h3-6,16H,7-10H2,1-2H3,(H2,15,18). The van der Waals surface area contributed by atoms with E-state index < -0.39 is 0 Å². The maximum atomic E-state index is 11.4. The first-order valence-corrected chi connectivity index (χ1v) is 6.33. The van der Waals surface area contributed by atoms with Crippen LogP contribution in [0.5, 0.6) is 0 Å². The van der Waals surface area contributed by atoms with E-state index in [2.05, 4.69) is 34.5 Å². The van der Waals surface area contributed by atoms with Gasteiger partial charge in [-0.2, -0.15) is 0 Å². The fourth-order valence-electron chi connectivity index (χ4n) is 2.41. The monoisotopic (exact) mass is 247 g/mol. The molecule has 1 saturated heterocycles. The van der Waals surface area contributed by atoms with Gasteiger partial charge >= 0.3 is 0 Å². The number of carbonyl (C=O) groups is 1. The van der Waals surface area contributed by atoms with Gasteiger partial charge in [0, 0.05) is 25.3 Å². The first-order chi connectivity index (χ1) is 8.55. The molecular formula is C14H21N3O. The van der Waals surface area contributed by atoms with Gasteiger partial charge in [-0.3, -0.25) is 4.79 Å². The number of rotatable bonds is 4. The number of hydrogen-bond donors (Lipinski definition) is 2. The molecule has 4 heteroatoms. The predicted octanol–water partition coefficient (Wildman–Crippen LogP) is 1.11. The molecule has 1 unspecified atom stereocenters. The Kier molecular flexibility index (Phi) is 3.57. The second kappa shape index (κ2) is 4.98. The van der Waals surface area contributed by atoms with Gasteiger partial charge in [0.05, 0.1) is 5.41 Å². The van der Waals surface area contributed by atoms with Gasteiger partial charge in [0.25, 0.3) is 0 Å². The highest BCUT2D eigenvalue weighted by Crippen LogP contribution is 2.32. The van der Waals surface area contributed by atoms with Crippen LogP contribution in [-0.2, 0) is 11.3 Å². The van der Waals surface area contributed by atoms with Crippen molar-refractivity contribution < 1.29 is 4.79 Å². The van der Waals surface area contributed by atoms with Crippen molar-refractivity contribution in [3.05, 3.63) is 29.8 Å². The van der Waals surface area contributed by atoms with Gasteiger partial charge in [-0.05, 0) is 38.1 Å². The highest BCUT2D eigenvalue weighted by atomic mass is 16.1. The van der Waals surface area contributed by atoms with Crippen LogP contribution < -0.4 is 16.0 Å². The number of benzene rings is 1. The summed E-state index contributed by atoms with van der Waals surface area (Å²) < 4.78 is 0. The molecule has 1 amide bonds. The first kappa shape index (κ1) is 12.9. The lowest BCUT2D eigenvalue weighted by atomic mass is 9.89. The molecule has 1 aliphatic rings. The van der Waals surface area contributed by atoms with Gasteiger partial charge in [-0.1, -0.05) is 12.1 Å². The Bertz CT molecular complexity index is 429. The van der Waals surface area contributed by atoms with Gasteiger partial charge in [0.15, 0.2) is 0 Å². The van der Waals surface area contributed by atoms with Crippen LogP contribution in [0.1, 0.15) is 18.9 Å². The second-order valence-electron chi connectivity index (χ2n) is 5.29. The molecular weight excluding hydrogens is 226 g/mol. The van der Waals surface area contributed by atoms with Crippen LogP contribution in [0, 0.1) is 5.41 Å². The van der Waals surface area contributed by atoms with Crippen LogP contribution in [0.15, 0.2) is 24.3 Å². The lowest BCUT2D eigenvalue weighted by molar-refractivity contribution is -0.125. The third-order valence-corrected chi connectivity index (χ3v) is 3.75. The second-order valence-corrected chi connectivity index (χ2v) is 5.29. The van der Waals surface area contributed by atoms with Crippen molar-refractivity contribution in [1.82, 2.24) is 5.32 Å². The molecule has 0 radical (unpaired) electrons. The Morgan fingerprint density at radius 3 is 2.61 bits per heavy atom. The maximum Gasteiger partial charge on any atom is 0.225 e. The molecule has 1 fully saturated rings. The van der Waals surface area contributed by atoms with E-state index in [1.165, 1.54) is 11.3 Å². The number of nitrogens with one attached hydrogen (secondary N) is 1. The molecule has 3 N–H and O–H groups in total. The van der Waals surface area contributed by atoms with Crippen molar-refractivity contribution in [1.29, 1.82) is 0 Å². The zero-order valence-corrected chi connectivity index (χ0v) is 11.1. The largest absolute Gasteiger partial charge is 0.370 e. The molecule has 1 aliphatic heterocycles. The summed E-state index contributed by atoms with van der Waals surface area (Å²) in [6, 6.07) is 8.45. The average molecular weight is 247 g/mol. The minimum atomic E-state index is -0.385. The van der Waals surface area contributed by atoms with E-state index in [9.17, 15) is 4.79 Å². The van der Waals surface area contributed by atoms with E-state index in [4.69, 9.17) is 5.73 Å². The summed E-state index contributed by atoms with van der Waals surface area (Å²) in [4.78, 5) is 13.7. The quantitative estimate of drug-likeness (QED) is 0.838. The Labute approximate surface area is 108 Å². The summed E-state index contributed by atoms with van der Waals surface area (Å²) in [6.45, 7) is 4.43. The fourth-order valence-corrected chi connectivity index (χ4v) is 2.41. The minimum absolute atomic E-state index is 0.197. The fraction of sp³-hybridized carbons (Fsp3) is 0.500. The third kappa shape index (κ3) is 2.48. The minimum Gasteiger partial charge on any atom is -0.370 e. The number of anilines is 1. The molecule has 0 bridgehead atoms. The summed E-state index contributed by atoms with van der Waals surface area (Å²) in [5.41, 5.74) is 7.51. The van der Waals surface area contributed by atoms with Crippen LogP contribution in [0.2, 0.25) is 0 Å².